The highest BCUT2D eigenvalue weighted by Gasteiger charge is 2.36. The zero-order valence-corrected chi connectivity index (χ0v) is 14.3. The number of benzene rings is 1. The van der Waals surface area contributed by atoms with Gasteiger partial charge in [0.05, 0.1) is 5.69 Å². The van der Waals surface area contributed by atoms with Crippen LogP contribution >= 0.6 is 0 Å². The first-order valence-electron chi connectivity index (χ1n) is 8.15. The molecule has 0 radical (unpaired) electrons. The van der Waals surface area contributed by atoms with Crippen LogP contribution in [-0.4, -0.2) is 22.6 Å². The van der Waals surface area contributed by atoms with E-state index in [1.807, 2.05) is 13.0 Å². The number of halogens is 3. The van der Waals surface area contributed by atoms with Crippen molar-refractivity contribution in [3.8, 4) is 17.0 Å². The molecule has 2 heterocycles. The number of nitrogens with zero attached hydrogens (tertiary/aromatic N) is 2. The molecule has 0 spiro atoms. The third-order valence-electron chi connectivity index (χ3n) is 4.17. The summed E-state index contributed by atoms with van der Waals surface area (Å²) >= 11 is 0. The molecular weight excluding hydrogens is 331 g/mol. The zero-order chi connectivity index (χ0) is 18.4. The molecule has 7 heteroatoms. The first kappa shape index (κ1) is 17.7. The molecule has 0 saturated carbocycles. The summed E-state index contributed by atoms with van der Waals surface area (Å²) in [5.41, 5.74) is 8.70. The van der Waals surface area contributed by atoms with E-state index in [0.29, 0.717) is 30.0 Å². The molecule has 1 unspecified atom stereocenters. The standard InChI is InChI=1S/C18H20F3N3O/c1-9(2)14-7-15(24-17(23-14)18(19,20)21)13-5-10(3)4-11-6-12(8-22)25-16(11)13/h4-5,7,9,12H,6,8,22H2,1-3H3. The van der Waals surface area contributed by atoms with Crippen LogP contribution in [0.5, 0.6) is 5.75 Å². The van der Waals surface area contributed by atoms with Gasteiger partial charge < -0.3 is 10.5 Å². The predicted octanol–water partition coefficient (Wildman–Crippen LogP) is 3.86. The lowest BCUT2D eigenvalue weighted by atomic mass is 9.99. The van der Waals surface area contributed by atoms with E-state index in [-0.39, 0.29) is 17.7 Å². The summed E-state index contributed by atoms with van der Waals surface area (Å²) in [7, 11) is 0. The fourth-order valence-electron chi connectivity index (χ4n) is 2.94. The summed E-state index contributed by atoms with van der Waals surface area (Å²) in [5, 5.41) is 0. The van der Waals surface area contributed by atoms with E-state index in [2.05, 4.69) is 9.97 Å². The molecule has 0 fully saturated rings. The average molecular weight is 351 g/mol. The van der Waals surface area contributed by atoms with Crippen LogP contribution < -0.4 is 10.5 Å². The number of aryl methyl sites for hydroxylation is 1. The highest BCUT2D eigenvalue weighted by molar-refractivity contribution is 5.71. The first-order chi connectivity index (χ1) is 11.7. The van der Waals surface area contributed by atoms with Crippen molar-refractivity contribution in [3.05, 3.63) is 40.8 Å². The molecule has 1 aliphatic rings. The number of rotatable bonds is 3. The van der Waals surface area contributed by atoms with Crippen LogP contribution in [0.4, 0.5) is 13.2 Å². The Balaban J connectivity index is 2.19. The second-order valence-electron chi connectivity index (χ2n) is 6.63. The minimum absolute atomic E-state index is 0.154. The van der Waals surface area contributed by atoms with Gasteiger partial charge in [-0.1, -0.05) is 19.9 Å². The molecule has 1 aromatic carbocycles. The third-order valence-corrected chi connectivity index (χ3v) is 4.17. The number of nitrogens with two attached hydrogens (primary N) is 1. The molecule has 0 bridgehead atoms. The van der Waals surface area contributed by atoms with Crippen molar-refractivity contribution in [1.82, 2.24) is 9.97 Å². The molecule has 0 amide bonds. The third kappa shape index (κ3) is 3.46. The summed E-state index contributed by atoms with van der Waals surface area (Å²) in [6.45, 7) is 5.85. The Morgan fingerprint density at radius 1 is 1.24 bits per heavy atom. The fraction of sp³-hybridized carbons (Fsp3) is 0.444. The number of hydrogen-bond donors (Lipinski definition) is 1. The van der Waals surface area contributed by atoms with E-state index in [4.69, 9.17) is 10.5 Å². The van der Waals surface area contributed by atoms with Crippen molar-refractivity contribution in [2.45, 2.75) is 45.4 Å². The number of hydrogen-bond acceptors (Lipinski definition) is 4. The normalized spacial score (nSPS) is 16.9. The largest absolute Gasteiger partial charge is 0.488 e. The van der Waals surface area contributed by atoms with Crippen molar-refractivity contribution >= 4 is 0 Å². The van der Waals surface area contributed by atoms with Crippen molar-refractivity contribution < 1.29 is 17.9 Å². The Kier molecular flexibility index (Phi) is 4.45. The van der Waals surface area contributed by atoms with Gasteiger partial charge in [-0.15, -0.1) is 0 Å². The summed E-state index contributed by atoms with van der Waals surface area (Å²) in [6.07, 6.45) is -4.12. The van der Waals surface area contributed by atoms with Crippen LogP contribution in [0.25, 0.3) is 11.3 Å². The smallest absolute Gasteiger partial charge is 0.451 e. The van der Waals surface area contributed by atoms with Gasteiger partial charge in [-0.3, -0.25) is 0 Å². The highest BCUT2D eigenvalue weighted by Crippen LogP contribution is 2.40. The minimum atomic E-state index is -4.60. The maximum Gasteiger partial charge on any atom is 0.451 e. The molecule has 2 aromatic rings. The van der Waals surface area contributed by atoms with Crippen LogP contribution in [0.3, 0.4) is 0 Å². The van der Waals surface area contributed by atoms with Crippen molar-refractivity contribution in [1.29, 1.82) is 0 Å². The highest BCUT2D eigenvalue weighted by atomic mass is 19.4. The molecule has 25 heavy (non-hydrogen) atoms. The maximum absolute atomic E-state index is 13.2. The summed E-state index contributed by atoms with van der Waals surface area (Å²) in [5.74, 6) is -0.710. The van der Waals surface area contributed by atoms with Crippen LogP contribution in [0.2, 0.25) is 0 Å². The Morgan fingerprint density at radius 3 is 2.56 bits per heavy atom. The van der Waals surface area contributed by atoms with Gasteiger partial charge in [0.25, 0.3) is 0 Å². The van der Waals surface area contributed by atoms with Crippen LogP contribution in [0.15, 0.2) is 18.2 Å². The molecule has 2 N–H and O–H groups in total. The molecule has 4 nitrogen and oxygen atoms in total. The molecule has 0 saturated heterocycles. The van der Waals surface area contributed by atoms with Crippen LogP contribution in [-0.2, 0) is 12.6 Å². The average Bonchev–Trinajstić information content (AvgIpc) is 2.95. The zero-order valence-electron chi connectivity index (χ0n) is 14.3. The predicted molar refractivity (Wildman–Crippen MR) is 88.5 cm³/mol. The monoisotopic (exact) mass is 351 g/mol. The second kappa shape index (κ2) is 6.29. The van der Waals surface area contributed by atoms with E-state index in [0.717, 1.165) is 11.1 Å². The van der Waals surface area contributed by atoms with Gasteiger partial charge in [-0.05, 0) is 36.1 Å². The lowest BCUT2D eigenvalue weighted by molar-refractivity contribution is -0.145. The first-order valence-corrected chi connectivity index (χ1v) is 8.15. The van der Waals surface area contributed by atoms with Gasteiger partial charge in [-0.2, -0.15) is 13.2 Å². The van der Waals surface area contributed by atoms with Crippen molar-refractivity contribution in [2.24, 2.45) is 5.73 Å². The van der Waals surface area contributed by atoms with Crippen molar-refractivity contribution in [3.63, 3.8) is 0 Å². The van der Waals surface area contributed by atoms with E-state index >= 15 is 0 Å². The van der Waals surface area contributed by atoms with E-state index in [1.165, 1.54) is 0 Å². The summed E-state index contributed by atoms with van der Waals surface area (Å²) in [6, 6.07) is 5.38. The maximum atomic E-state index is 13.2. The van der Waals surface area contributed by atoms with Gasteiger partial charge in [-0.25, -0.2) is 9.97 Å². The molecule has 1 atom stereocenters. The topological polar surface area (TPSA) is 61.0 Å². The quantitative estimate of drug-likeness (QED) is 0.912. The molecule has 1 aromatic heterocycles. The van der Waals surface area contributed by atoms with Gasteiger partial charge in [0.1, 0.15) is 11.9 Å². The van der Waals surface area contributed by atoms with Gasteiger partial charge in [0, 0.05) is 24.2 Å². The van der Waals surface area contributed by atoms with Crippen LogP contribution in [0, 0.1) is 6.92 Å². The van der Waals surface area contributed by atoms with E-state index in [1.54, 1.807) is 26.0 Å². The Labute approximate surface area is 144 Å². The van der Waals surface area contributed by atoms with Gasteiger partial charge in [0.2, 0.25) is 5.82 Å². The number of alkyl halides is 3. The lowest BCUT2D eigenvalue weighted by Crippen LogP contribution is -2.24. The molecular formula is C18H20F3N3O. The molecule has 1 aliphatic heterocycles. The van der Waals surface area contributed by atoms with E-state index < -0.39 is 12.0 Å². The Morgan fingerprint density at radius 2 is 1.96 bits per heavy atom. The minimum Gasteiger partial charge on any atom is -0.488 e. The number of fused-ring (bicyclic) bond motifs is 1. The van der Waals surface area contributed by atoms with Gasteiger partial charge in [0.15, 0.2) is 0 Å². The summed E-state index contributed by atoms with van der Waals surface area (Å²) < 4.78 is 45.5. The van der Waals surface area contributed by atoms with Crippen LogP contribution in [0.1, 0.15) is 42.4 Å². The molecule has 0 aliphatic carbocycles. The van der Waals surface area contributed by atoms with Gasteiger partial charge >= 0.3 is 6.18 Å². The van der Waals surface area contributed by atoms with Crippen molar-refractivity contribution in [2.75, 3.05) is 6.54 Å². The molecule has 134 valence electrons. The Hall–Kier alpha value is -2.15. The second-order valence-corrected chi connectivity index (χ2v) is 6.63. The summed E-state index contributed by atoms with van der Waals surface area (Å²) in [4.78, 5) is 7.46. The lowest BCUT2D eigenvalue weighted by Gasteiger charge is -2.15. The van der Waals surface area contributed by atoms with E-state index in [9.17, 15) is 13.2 Å². The fourth-order valence-corrected chi connectivity index (χ4v) is 2.94. The number of aromatic nitrogens is 2. The SMILES string of the molecule is Cc1cc2c(c(-c3cc(C(C)C)nc(C(F)(F)F)n3)c1)OC(CN)C2. The number of ether oxygens (including phenoxy) is 1. The Bertz CT molecular complexity index is 803. The molecule has 3 rings (SSSR count).